The Labute approximate surface area is 135 Å². The highest BCUT2D eigenvalue weighted by Gasteiger charge is 2.14. The zero-order chi connectivity index (χ0) is 15.8. The van der Waals surface area contributed by atoms with Gasteiger partial charge in [-0.2, -0.15) is 0 Å². The Balaban J connectivity index is 3.67. The Morgan fingerprint density at radius 3 is 1.90 bits per heavy atom. The Bertz CT molecular complexity index is 255. The van der Waals surface area contributed by atoms with Gasteiger partial charge in [-0.3, -0.25) is 0 Å². The van der Waals surface area contributed by atoms with Crippen molar-refractivity contribution in [3.8, 4) is 11.8 Å². The SMILES string of the molecule is CC#CCCCCCCCC(CCCCCC)C(C)CC. The van der Waals surface area contributed by atoms with E-state index in [4.69, 9.17) is 0 Å². The van der Waals surface area contributed by atoms with E-state index in [9.17, 15) is 0 Å². The van der Waals surface area contributed by atoms with Gasteiger partial charge in [0.1, 0.15) is 0 Å². The topological polar surface area (TPSA) is 0 Å². The smallest absolute Gasteiger partial charge is 0.00885 e. The second kappa shape index (κ2) is 15.9. The fourth-order valence-electron chi connectivity index (χ4n) is 3.16. The fraction of sp³-hybridized carbons (Fsp3) is 0.905. The van der Waals surface area contributed by atoms with Crippen LogP contribution >= 0.6 is 0 Å². The highest BCUT2D eigenvalue weighted by molar-refractivity contribution is 4.94. The highest BCUT2D eigenvalue weighted by Crippen LogP contribution is 2.27. The summed E-state index contributed by atoms with van der Waals surface area (Å²) >= 11 is 0. The monoisotopic (exact) mass is 292 g/mol. The van der Waals surface area contributed by atoms with Crippen molar-refractivity contribution in [1.82, 2.24) is 0 Å². The molecular formula is C21H40. The van der Waals surface area contributed by atoms with Gasteiger partial charge in [-0.15, -0.1) is 11.8 Å². The minimum Gasteiger partial charge on any atom is -0.107 e. The van der Waals surface area contributed by atoms with Crippen molar-refractivity contribution in [1.29, 1.82) is 0 Å². The number of unbranched alkanes of at least 4 members (excludes halogenated alkanes) is 8. The summed E-state index contributed by atoms with van der Waals surface area (Å²) in [6, 6.07) is 0. The normalized spacial score (nSPS) is 13.5. The molecule has 0 saturated heterocycles. The lowest BCUT2D eigenvalue weighted by molar-refractivity contribution is 0.288. The second-order valence-electron chi connectivity index (χ2n) is 6.73. The number of hydrogen-bond donors (Lipinski definition) is 0. The van der Waals surface area contributed by atoms with E-state index in [-0.39, 0.29) is 0 Å². The molecule has 2 unspecified atom stereocenters. The molecule has 0 aromatic heterocycles. The number of rotatable bonds is 14. The van der Waals surface area contributed by atoms with Crippen LogP contribution in [0.3, 0.4) is 0 Å². The molecule has 0 rings (SSSR count). The predicted molar refractivity (Wildman–Crippen MR) is 97.5 cm³/mol. The number of hydrogen-bond acceptors (Lipinski definition) is 0. The fourth-order valence-corrected chi connectivity index (χ4v) is 3.16. The van der Waals surface area contributed by atoms with E-state index in [0.29, 0.717) is 0 Å². The summed E-state index contributed by atoms with van der Waals surface area (Å²) in [5, 5.41) is 0. The van der Waals surface area contributed by atoms with Crippen LogP contribution in [0.1, 0.15) is 111 Å². The maximum atomic E-state index is 3.16. The van der Waals surface area contributed by atoms with E-state index in [1.165, 1.54) is 77.0 Å². The van der Waals surface area contributed by atoms with E-state index in [0.717, 1.165) is 18.3 Å². The van der Waals surface area contributed by atoms with Gasteiger partial charge >= 0.3 is 0 Å². The minimum absolute atomic E-state index is 0.923. The van der Waals surface area contributed by atoms with Crippen molar-refractivity contribution in [2.45, 2.75) is 111 Å². The average Bonchev–Trinajstić information content (AvgIpc) is 2.51. The van der Waals surface area contributed by atoms with Crippen molar-refractivity contribution in [2.24, 2.45) is 11.8 Å². The quantitative estimate of drug-likeness (QED) is 0.231. The molecule has 0 nitrogen and oxygen atoms in total. The molecule has 0 heteroatoms. The molecule has 0 fully saturated rings. The Morgan fingerprint density at radius 2 is 1.33 bits per heavy atom. The molecule has 0 aliphatic carbocycles. The van der Waals surface area contributed by atoms with E-state index in [1.807, 2.05) is 6.92 Å². The van der Waals surface area contributed by atoms with Gasteiger partial charge in [0.25, 0.3) is 0 Å². The lowest BCUT2D eigenvalue weighted by Gasteiger charge is -2.23. The van der Waals surface area contributed by atoms with Gasteiger partial charge in [0.05, 0.1) is 0 Å². The van der Waals surface area contributed by atoms with Crippen LogP contribution in [0.4, 0.5) is 0 Å². The van der Waals surface area contributed by atoms with Gasteiger partial charge in [0, 0.05) is 6.42 Å². The van der Waals surface area contributed by atoms with Gasteiger partial charge in [0.2, 0.25) is 0 Å². The van der Waals surface area contributed by atoms with E-state index in [2.05, 4.69) is 32.6 Å². The molecule has 0 spiro atoms. The third-order valence-electron chi connectivity index (χ3n) is 4.93. The lowest BCUT2D eigenvalue weighted by Crippen LogP contribution is -2.11. The van der Waals surface area contributed by atoms with Crippen molar-refractivity contribution in [3.63, 3.8) is 0 Å². The maximum Gasteiger partial charge on any atom is 0.00885 e. The first-order chi connectivity index (χ1) is 10.3. The van der Waals surface area contributed by atoms with Gasteiger partial charge in [-0.05, 0) is 25.2 Å². The van der Waals surface area contributed by atoms with Crippen molar-refractivity contribution in [3.05, 3.63) is 0 Å². The third kappa shape index (κ3) is 13.0. The van der Waals surface area contributed by atoms with Crippen LogP contribution in [0.2, 0.25) is 0 Å². The molecule has 0 N–H and O–H groups in total. The molecule has 21 heavy (non-hydrogen) atoms. The van der Waals surface area contributed by atoms with E-state index in [1.54, 1.807) is 0 Å². The third-order valence-corrected chi connectivity index (χ3v) is 4.93. The minimum atomic E-state index is 0.923. The molecule has 0 aliphatic heterocycles. The van der Waals surface area contributed by atoms with Crippen LogP contribution in [0, 0.1) is 23.7 Å². The molecule has 0 aromatic carbocycles. The molecule has 2 atom stereocenters. The van der Waals surface area contributed by atoms with Gasteiger partial charge in [-0.25, -0.2) is 0 Å². The second-order valence-corrected chi connectivity index (χ2v) is 6.73. The molecule has 0 aliphatic rings. The van der Waals surface area contributed by atoms with Crippen molar-refractivity contribution >= 4 is 0 Å². The first-order valence-electron chi connectivity index (χ1n) is 9.65. The Morgan fingerprint density at radius 1 is 0.762 bits per heavy atom. The molecule has 0 saturated carbocycles. The van der Waals surface area contributed by atoms with Gasteiger partial charge in [-0.1, -0.05) is 91.4 Å². The van der Waals surface area contributed by atoms with Crippen LogP contribution in [0.25, 0.3) is 0 Å². The molecule has 0 aromatic rings. The molecule has 0 heterocycles. The van der Waals surface area contributed by atoms with Gasteiger partial charge in [0.15, 0.2) is 0 Å². The summed E-state index contributed by atoms with van der Waals surface area (Å²) in [4.78, 5) is 0. The summed E-state index contributed by atoms with van der Waals surface area (Å²) in [7, 11) is 0. The first-order valence-corrected chi connectivity index (χ1v) is 9.65. The zero-order valence-electron chi connectivity index (χ0n) is 15.3. The van der Waals surface area contributed by atoms with Crippen LogP contribution in [-0.2, 0) is 0 Å². The summed E-state index contributed by atoms with van der Waals surface area (Å²) in [5.74, 6) is 8.05. The van der Waals surface area contributed by atoms with Crippen LogP contribution in [0.15, 0.2) is 0 Å². The summed E-state index contributed by atoms with van der Waals surface area (Å²) in [6.07, 6.45) is 18.0. The van der Waals surface area contributed by atoms with E-state index < -0.39 is 0 Å². The average molecular weight is 293 g/mol. The first kappa shape index (κ1) is 20.6. The van der Waals surface area contributed by atoms with Crippen molar-refractivity contribution in [2.75, 3.05) is 0 Å². The van der Waals surface area contributed by atoms with Crippen molar-refractivity contribution < 1.29 is 0 Å². The highest BCUT2D eigenvalue weighted by atomic mass is 14.2. The van der Waals surface area contributed by atoms with Crippen LogP contribution in [0.5, 0.6) is 0 Å². The Hall–Kier alpha value is -0.440. The van der Waals surface area contributed by atoms with Crippen LogP contribution in [-0.4, -0.2) is 0 Å². The molecule has 0 radical (unpaired) electrons. The largest absolute Gasteiger partial charge is 0.107 e. The molecule has 0 amide bonds. The zero-order valence-corrected chi connectivity index (χ0v) is 15.3. The molecular weight excluding hydrogens is 252 g/mol. The molecule has 0 bridgehead atoms. The van der Waals surface area contributed by atoms with Crippen LogP contribution < -0.4 is 0 Å². The molecule has 124 valence electrons. The maximum absolute atomic E-state index is 3.16. The summed E-state index contributed by atoms with van der Waals surface area (Å²) in [5.41, 5.74) is 0. The predicted octanol–water partition coefficient (Wildman–Crippen LogP) is 7.37. The summed E-state index contributed by atoms with van der Waals surface area (Å²) in [6.45, 7) is 9.07. The van der Waals surface area contributed by atoms with Gasteiger partial charge < -0.3 is 0 Å². The summed E-state index contributed by atoms with van der Waals surface area (Å²) < 4.78 is 0. The van der Waals surface area contributed by atoms with E-state index >= 15 is 0 Å². The Kier molecular flexibility index (Phi) is 15.6. The lowest BCUT2D eigenvalue weighted by atomic mass is 9.83. The standard InChI is InChI=1S/C21H40/c1-5-8-10-12-13-14-15-17-19-21(20(4)7-3)18-16-11-9-6-2/h20-21H,6-7,9-19H2,1-4H3.